The standard InChI is InChI=1S/C15H13BrF3NO/c1-21-8-2-3-9(13(18)6-8)14(20)7-10-12(17)5-4-11(16)15(10)19/h2-6,14H,7,20H2,1H3. The van der Waals surface area contributed by atoms with Crippen molar-refractivity contribution in [3.63, 3.8) is 0 Å². The molecule has 1 unspecified atom stereocenters. The van der Waals surface area contributed by atoms with E-state index in [-0.39, 0.29) is 22.0 Å². The lowest BCUT2D eigenvalue weighted by atomic mass is 9.98. The van der Waals surface area contributed by atoms with Gasteiger partial charge in [0, 0.05) is 23.2 Å². The van der Waals surface area contributed by atoms with Crippen molar-refractivity contribution in [3.05, 3.63) is 63.4 Å². The van der Waals surface area contributed by atoms with Gasteiger partial charge in [0.2, 0.25) is 0 Å². The Bertz CT molecular complexity index is 664. The smallest absolute Gasteiger partial charge is 0.143 e. The average Bonchev–Trinajstić information content (AvgIpc) is 2.47. The molecule has 0 aliphatic carbocycles. The lowest BCUT2D eigenvalue weighted by molar-refractivity contribution is 0.410. The Balaban J connectivity index is 2.30. The summed E-state index contributed by atoms with van der Waals surface area (Å²) in [5.74, 6) is -1.65. The van der Waals surface area contributed by atoms with Crippen LogP contribution < -0.4 is 10.5 Å². The van der Waals surface area contributed by atoms with Gasteiger partial charge >= 0.3 is 0 Å². The largest absolute Gasteiger partial charge is 0.497 e. The maximum atomic E-state index is 13.9. The third kappa shape index (κ3) is 3.39. The van der Waals surface area contributed by atoms with E-state index in [1.54, 1.807) is 6.07 Å². The van der Waals surface area contributed by atoms with Gasteiger partial charge < -0.3 is 10.5 Å². The molecule has 2 aromatic rings. The number of methoxy groups -OCH3 is 1. The van der Waals surface area contributed by atoms with E-state index in [4.69, 9.17) is 10.5 Å². The molecule has 0 amide bonds. The van der Waals surface area contributed by atoms with E-state index >= 15 is 0 Å². The maximum Gasteiger partial charge on any atom is 0.143 e. The van der Waals surface area contributed by atoms with Crippen LogP contribution in [0.1, 0.15) is 17.2 Å². The van der Waals surface area contributed by atoms with Gasteiger partial charge in [-0.15, -0.1) is 0 Å². The molecule has 0 aliphatic rings. The molecule has 0 spiro atoms. The minimum atomic E-state index is -0.866. The molecule has 0 saturated heterocycles. The topological polar surface area (TPSA) is 35.2 Å². The van der Waals surface area contributed by atoms with Crippen LogP contribution in [0.3, 0.4) is 0 Å². The summed E-state index contributed by atoms with van der Waals surface area (Å²) >= 11 is 2.99. The molecule has 0 bridgehead atoms. The number of ether oxygens (including phenoxy) is 1. The van der Waals surface area contributed by atoms with Crippen LogP contribution >= 0.6 is 15.9 Å². The second-order valence-electron chi connectivity index (χ2n) is 4.52. The molecule has 0 fully saturated rings. The van der Waals surface area contributed by atoms with E-state index in [1.807, 2.05) is 0 Å². The molecule has 0 saturated carbocycles. The molecule has 0 aliphatic heterocycles. The molecular formula is C15H13BrF3NO. The Hall–Kier alpha value is -1.53. The van der Waals surface area contributed by atoms with Crippen molar-refractivity contribution in [2.45, 2.75) is 12.5 Å². The lowest BCUT2D eigenvalue weighted by Gasteiger charge is -2.15. The van der Waals surface area contributed by atoms with Gasteiger partial charge in [-0.3, -0.25) is 0 Å². The molecule has 2 N–H and O–H groups in total. The highest BCUT2D eigenvalue weighted by atomic mass is 79.9. The van der Waals surface area contributed by atoms with Crippen LogP contribution in [0.4, 0.5) is 13.2 Å². The normalized spacial score (nSPS) is 12.3. The van der Waals surface area contributed by atoms with E-state index in [9.17, 15) is 13.2 Å². The minimum absolute atomic E-state index is 0.140. The number of rotatable bonds is 4. The molecule has 112 valence electrons. The van der Waals surface area contributed by atoms with E-state index in [1.165, 1.54) is 25.3 Å². The molecule has 2 nitrogen and oxygen atoms in total. The first-order chi connectivity index (χ1) is 9.93. The predicted molar refractivity (Wildman–Crippen MR) is 77.6 cm³/mol. The van der Waals surface area contributed by atoms with Gasteiger partial charge in [-0.1, -0.05) is 6.07 Å². The fraction of sp³-hybridized carbons (Fsp3) is 0.200. The minimum Gasteiger partial charge on any atom is -0.497 e. The Kier molecular flexibility index (Phi) is 4.90. The number of hydrogen-bond acceptors (Lipinski definition) is 2. The van der Waals surface area contributed by atoms with Crippen LogP contribution in [0.5, 0.6) is 5.75 Å². The summed E-state index contributed by atoms with van der Waals surface area (Å²) in [6, 6.07) is 5.73. The third-order valence-corrected chi connectivity index (χ3v) is 3.78. The fourth-order valence-electron chi connectivity index (χ4n) is 2.02. The van der Waals surface area contributed by atoms with E-state index in [2.05, 4.69) is 15.9 Å². The lowest BCUT2D eigenvalue weighted by Crippen LogP contribution is -2.17. The van der Waals surface area contributed by atoms with Crippen LogP contribution in [0.2, 0.25) is 0 Å². The van der Waals surface area contributed by atoms with Gasteiger partial charge in [-0.25, -0.2) is 13.2 Å². The summed E-state index contributed by atoms with van der Waals surface area (Å²) in [7, 11) is 1.42. The summed E-state index contributed by atoms with van der Waals surface area (Å²) in [6.45, 7) is 0. The van der Waals surface area contributed by atoms with Crippen molar-refractivity contribution < 1.29 is 17.9 Å². The number of benzene rings is 2. The number of halogens is 4. The molecule has 2 rings (SSSR count). The molecule has 0 radical (unpaired) electrons. The summed E-state index contributed by atoms with van der Waals surface area (Å²) in [6.07, 6.45) is -0.152. The summed E-state index contributed by atoms with van der Waals surface area (Å²) < 4.78 is 46.5. The predicted octanol–water partition coefficient (Wildman–Crippen LogP) is 4.12. The number of hydrogen-bond donors (Lipinski definition) is 1. The van der Waals surface area contributed by atoms with Gasteiger partial charge in [-0.2, -0.15) is 0 Å². The first-order valence-corrected chi connectivity index (χ1v) is 6.94. The Labute approximate surface area is 128 Å². The first-order valence-electron chi connectivity index (χ1n) is 6.15. The summed E-state index contributed by atoms with van der Waals surface area (Å²) in [5.41, 5.74) is 5.88. The number of nitrogens with two attached hydrogens (primary N) is 1. The fourth-order valence-corrected chi connectivity index (χ4v) is 2.39. The van der Waals surface area contributed by atoms with Gasteiger partial charge in [0.15, 0.2) is 0 Å². The monoisotopic (exact) mass is 359 g/mol. The second kappa shape index (κ2) is 6.49. The van der Waals surface area contributed by atoms with Gasteiger partial charge in [0.25, 0.3) is 0 Å². The highest BCUT2D eigenvalue weighted by molar-refractivity contribution is 9.10. The average molecular weight is 360 g/mol. The SMILES string of the molecule is COc1ccc(C(N)Cc2c(F)ccc(Br)c2F)c(F)c1. The molecule has 6 heteroatoms. The molecule has 21 heavy (non-hydrogen) atoms. The van der Waals surface area contributed by atoms with Crippen molar-refractivity contribution >= 4 is 15.9 Å². The molecule has 1 atom stereocenters. The first kappa shape index (κ1) is 15.9. The van der Waals surface area contributed by atoms with Crippen molar-refractivity contribution in [1.82, 2.24) is 0 Å². The second-order valence-corrected chi connectivity index (χ2v) is 5.37. The van der Waals surface area contributed by atoms with E-state index in [0.717, 1.165) is 6.07 Å². The molecule has 2 aromatic carbocycles. The van der Waals surface area contributed by atoms with Gasteiger partial charge in [0.05, 0.1) is 11.6 Å². The Morgan fingerprint density at radius 1 is 1.14 bits per heavy atom. The highest BCUT2D eigenvalue weighted by Crippen LogP contribution is 2.27. The van der Waals surface area contributed by atoms with Crippen LogP contribution in [-0.4, -0.2) is 7.11 Å². The Morgan fingerprint density at radius 3 is 2.48 bits per heavy atom. The van der Waals surface area contributed by atoms with Crippen molar-refractivity contribution in [1.29, 1.82) is 0 Å². The van der Waals surface area contributed by atoms with Crippen molar-refractivity contribution in [2.75, 3.05) is 7.11 Å². The highest BCUT2D eigenvalue weighted by Gasteiger charge is 2.19. The van der Waals surface area contributed by atoms with E-state index < -0.39 is 23.5 Å². The van der Waals surface area contributed by atoms with Gasteiger partial charge in [0.1, 0.15) is 23.2 Å². The molecular weight excluding hydrogens is 347 g/mol. The van der Waals surface area contributed by atoms with E-state index in [0.29, 0.717) is 5.75 Å². The Morgan fingerprint density at radius 2 is 1.86 bits per heavy atom. The zero-order valence-electron chi connectivity index (χ0n) is 11.2. The van der Waals surface area contributed by atoms with Crippen LogP contribution in [-0.2, 0) is 6.42 Å². The third-order valence-electron chi connectivity index (χ3n) is 3.17. The summed E-state index contributed by atoms with van der Waals surface area (Å²) in [5, 5.41) is 0. The maximum absolute atomic E-state index is 13.9. The zero-order chi connectivity index (χ0) is 15.6. The zero-order valence-corrected chi connectivity index (χ0v) is 12.8. The van der Waals surface area contributed by atoms with Crippen LogP contribution in [0, 0.1) is 17.5 Å². The van der Waals surface area contributed by atoms with Crippen molar-refractivity contribution in [2.24, 2.45) is 5.73 Å². The molecule has 0 aromatic heterocycles. The quantitative estimate of drug-likeness (QED) is 0.833. The van der Waals surface area contributed by atoms with Gasteiger partial charge in [-0.05, 0) is 40.5 Å². The molecule has 0 heterocycles. The summed E-state index contributed by atoms with van der Waals surface area (Å²) in [4.78, 5) is 0. The van der Waals surface area contributed by atoms with Crippen LogP contribution in [0.15, 0.2) is 34.8 Å². The van der Waals surface area contributed by atoms with Crippen LogP contribution in [0.25, 0.3) is 0 Å². The van der Waals surface area contributed by atoms with Crippen molar-refractivity contribution in [3.8, 4) is 5.75 Å².